The Morgan fingerprint density at radius 2 is 1.96 bits per heavy atom. The maximum atomic E-state index is 13.2. The molecule has 0 spiro atoms. The molecule has 2 atom stereocenters. The number of nitrogens with one attached hydrogen (secondary N) is 1. The Morgan fingerprint density at radius 3 is 2.60 bits per heavy atom. The smallest absolute Gasteiger partial charge is 0.286 e. The highest BCUT2D eigenvalue weighted by molar-refractivity contribution is 8.15. The van der Waals surface area contributed by atoms with Crippen LogP contribution in [-0.4, -0.2) is 28.1 Å². The van der Waals surface area contributed by atoms with E-state index in [4.69, 9.17) is 4.74 Å². The third-order valence-corrected chi connectivity index (χ3v) is 4.73. The van der Waals surface area contributed by atoms with Crippen molar-refractivity contribution in [1.82, 2.24) is 5.32 Å². The fourth-order valence-electron chi connectivity index (χ4n) is 2.45. The monoisotopic (exact) mass is 361 g/mol. The molecule has 0 saturated carbocycles. The molecule has 2 unspecified atom stereocenters. The maximum Gasteiger partial charge on any atom is 0.286 e. The first-order valence-electron chi connectivity index (χ1n) is 7.68. The Labute approximate surface area is 148 Å². The Hall–Kier alpha value is -2.38. The predicted octanol–water partition coefficient (Wildman–Crippen LogP) is 2.83. The average Bonchev–Trinajstić information content (AvgIpc) is 2.91. The average molecular weight is 361 g/mol. The molecule has 0 aromatic heterocycles. The first-order chi connectivity index (χ1) is 12.0. The topological polar surface area (TPSA) is 75.6 Å². The van der Waals surface area contributed by atoms with E-state index in [1.807, 2.05) is 0 Å². The van der Waals surface area contributed by atoms with Crippen LogP contribution in [0.3, 0.4) is 0 Å². The minimum absolute atomic E-state index is 0.00180. The van der Waals surface area contributed by atoms with Crippen molar-refractivity contribution in [2.45, 2.75) is 17.8 Å². The number of carbonyl (C=O) groups is 2. The zero-order chi connectivity index (χ0) is 17.8. The number of aliphatic hydroxyl groups is 1. The van der Waals surface area contributed by atoms with E-state index in [0.29, 0.717) is 17.7 Å². The highest BCUT2D eigenvalue weighted by Gasteiger charge is 2.31. The number of hydrogen-bond acceptors (Lipinski definition) is 5. The van der Waals surface area contributed by atoms with Gasteiger partial charge in [0.25, 0.3) is 5.24 Å². The first-order valence-corrected chi connectivity index (χ1v) is 8.56. The van der Waals surface area contributed by atoms with Gasteiger partial charge < -0.3 is 9.84 Å². The predicted molar refractivity (Wildman–Crippen MR) is 91.9 cm³/mol. The van der Waals surface area contributed by atoms with Crippen LogP contribution in [0.25, 0.3) is 0 Å². The summed E-state index contributed by atoms with van der Waals surface area (Å²) in [5.41, 5.74) is 1.35. The molecule has 1 aliphatic rings. The van der Waals surface area contributed by atoms with E-state index in [0.717, 1.165) is 17.3 Å². The summed E-state index contributed by atoms with van der Waals surface area (Å²) in [7, 11) is 0. The number of halogens is 1. The molecular formula is C18H16FNO4S. The van der Waals surface area contributed by atoms with Gasteiger partial charge in [0.1, 0.15) is 24.3 Å². The number of rotatable bonds is 6. The fraction of sp³-hybridized carbons (Fsp3) is 0.222. The van der Waals surface area contributed by atoms with E-state index < -0.39 is 17.2 Å². The van der Waals surface area contributed by atoms with E-state index in [-0.39, 0.29) is 17.8 Å². The summed E-state index contributed by atoms with van der Waals surface area (Å²) in [4.78, 5) is 22.7. The summed E-state index contributed by atoms with van der Waals surface area (Å²) >= 11 is 0.991. The molecule has 2 aromatic rings. The van der Waals surface area contributed by atoms with Crippen LogP contribution in [0.4, 0.5) is 9.18 Å². The zero-order valence-electron chi connectivity index (χ0n) is 13.1. The molecule has 5 nitrogen and oxygen atoms in total. The normalized spacial score (nSPS) is 18.1. The molecule has 0 bridgehead atoms. The minimum atomic E-state index is -0.931. The molecule has 1 aliphatic heterocycles. The standard InChI is InChI=1S/C18H16FNO4S/c19-13-3-1-2-12(9-13)15(21)10-24-14-6-4-11(5-7-14)8-16-17(22)20-18(23)25-16/h1-7,9,15-16,21H,8,10H2,(H,20,22,23). The summed E-state index contributed by atoms with van der Waals surface area (Å²) in [6, 6.07) is 12.8. The molecule has 0 radical (unpaired) electrons. The van der Waals surface area contributed by atoms with E-state index in [1.54, 1.807) is 30.3 Å². The molecule has 1 fully saturated rings. The summed E-state index contributed by atoms with van der Waals surface area (Å²) in [6.45, 7) is -0.00180. The number of thioether (sulfide) groups is 1. The summed E-state index contributed by atoms with van der Waals surface area (Å²) in [6.07, 6.45) is -0.478. The third kappa shape index (κ3) is 4.58. The number of benzene rings is 2. The van der Waals surface area contributed by atoms with Crippen molar-refractivity contribution in [3.05, 3.63) is 65.5 Å². The van der Waals surface area contributed by atoms with Crippen LogP contribution in [-0.2, 0) is 11.2 Å². The Balaban J connectivity index is 1.54. The van der Waals surface area contributed by atoms with E-state index in [9.17, 15) is 19.1 Å². The van der Waals surface area contributed by atoms with Crippen LogP contribution in [0, 0.1) is 5.82 Å². The van der Waals surface area contributed by atoms with Gasteiger partial charge in [-0.2, -0.15) is 0 Å². The van der Waals surface area contributed by atoms with E-state index in [2.05, 4.69) is 5.32 Å². The molecular weight excluding hydrogens is 345 g/mol. The van der Waals surface area contributed by atoms with Crippen LogP contribution in [0.2, 0.25) is 0 Å². The van der Waals surface area contributed by atoms with E-state index in [1.165, 1.54) is 18.2 Å². The van der Waals surface area contributed by atoms with Gasteiger partial charge in [0.2, 0.25) is 5.91 Å². The zero-order valence-corrected chi connectivity index (χ0v) is 14.0. The van der Waals surface area contributed by atoms with Crippen LogP contribution in [0.15, 0.2) is 48.5 Å². The molecule has 1 saturated heterocycles. The van der Waals surface area contributed by atoms with Crippen LogP contribution < -0.4 is 10.1 Å². The first kappa shape index (κ1) is 17.4. The lowest BCUT2D eigenvalue weighted by Gasteiger charge is -2.13. The highest BCUT2D eigenvalue weighted by atomic mass is 32.2. The molecule has 3 rings (SSSR count). The molecule has 0 aliphatic carbocycles. The molecule has 2 amide bonds. The molecule has 7 heteroatoms. The van der Waals surface area contributed by atoms with Gasteiger partial charge >= 0.3 is 0 Å². The SMILES string of the molecule is O=C1NC(=O)C(Cc2ccc(OCC(O)c3cccc(F)c3)cc2)S1. The van der Waals surface area contributed by atoms with Crippen molar-refractivity contribution in [1.29, 1.82) is 0 Å². The maximum absolute atomic E-state index is 13.2. The van der Waals surface area contributed by atoms with Gasteiger partial charge in [-0.25, -0.2) is 4.39 Å². The molecule has 1 heterocycles. The highest BCUT2D eigenvalue weighted by Crippen LogP contribution is 2.24. The lowest BCUT2D eigenvalue weighted by atomic mass is 10.1. The molecule has 25 heavy (non-hydrogen) atoms. The second-order valence-electron chi connectivity index (χ2n) is 5.61. The second kappa shape index (κ2) is 7.67. The lowest BCUT2D eigenvalue weighted by Crippen LogP contribution is -2.25. The quantitative estimate of drug-likeness (QED) is 0.827. The Bertz CT molecular complexity index is 781. The minimum Gasteiger partial charge on any atom is -0.491 e. The second-order valence-corrected chi connectivity index (χ2v) is 6.79. The summed E-state index contributed by atoms with van der Waals surface area (Å²) < 4.78 is 18.7. The molecule has 2 aromatic carbocycles. The van der Waals surface area contributed by atoms with Gasteiger partial charge in [-0.3, -0.25) is 14.9 Å². The van der Waals surface area contributed by atoms with Crippen molar-refractivity contribution in [2.75, 3.05) is 6.61 Å². The lowest BCUT2D eigenvalue weighted by molar-refractivity contribution is -0.118. The van der Waals surface area contributed by atoms with Gasteiger partial charge in [-0.15, -0.1) is 0 Å². The van der Waals surface area contributed by atoms with Gasteiger partial charge in [0.05, 0.1) is 5.25 Å². The Kier molecular flexibility index (Phi) is 5.35. The third-order valence-electron chi connectivity index (χ3n) is 3.75. The van der Waals surface area contributed by atoms with Gasteiger partial charge in [0.15, 0.2) is 0 Å². The van der Waals surface area contributed by atoms with Crippen molar-refractivity contribution in [2.24, 2.45) is 0 Å². The molecule has 2 N–H and O–H groups in total. The van der Waals surface area contributed by atoms with Crippen molar-refractivity contribution >= 4 is 22.9 Å². The van der Waals surface area contributed by atoms with Crippen molar-refractivity contribution in [3.63, 3.8) is 0 Å². The number of carbonyl (C=O) groups excluding carboxylic acids is 2. The van der Waals surface area contributed by atoms with Crippen molar-refractivity contribution in [3.8, 4) is 5.75 Å². The van der Waals surface area contributed by atoms with Gasteiger partial charge in [-0.05, 0) is 41.8 Å². The number of hydrogen-bond donors (Lipinski definition) is 2. The summed E-state index contributed by atoms with van der Waals surface area (Å²) in [5, 5.41) is 11.6. The number of aliphatic hydroxyl groups excluding tert-OH is 1. The number of ether oxygens (including phenoxy) is 1. The Morgan fingerprint density at radius 1 is 1.20 bits per heavy atom. The van der Waals surface area contributed by atoms with Crippen LogP contribution >= 0.6 is 11.8 Å². The van der Waals surface area contributed by atoms with Crippen molar-refractivity contribution < 1.29 is 23.8 Å². The largest absolute Gasteiger partial charge is 0.491 e. The number of imide groups is 1. The number of amides is 2. The van der Waals surface area contributed by atoms with Gasteiger partial charge in [-0.1, -0.05) is 36.0 Å². The van der Waals surface area contributed by atoms with Crippen LogP contribution in [0.1, 0.15) is 17.2 Å². The summed E-state index contributed by atoms with van der Waals surface area (Å²) in [5.74, 6) is -0.124. The van der Waals surface area contributed by atoms with Gasteiger partial charge in [0, 0.05) is 0 Å². The molecule has 130 valence electrons. The fourth-order valence-corrected chi connectivity index (χ4v) is 3.31. The van der Waals surface area contributed by atoms with Crippen LogP contribution in [0.5, 0.6) is 5.75 Å². The van der Waals surface area contributed by atoms with E-state index >= 15 is 0 Å².